The molecule has 2 aromatic rings. The van der Waals surface area contributed by atoms with Crippen LogP contribution in [0.2, 0.25) is 0 Å². The van der Waals surface area contributed by atoms with Gasteiger partial charge in [0.1, 0.15) is 0 Å². The minimum Gasteiger partial charge on any atom is -0.339 e. The second-order valence-corrected chi connectivity index (χ2v) is 9.10. The third-order valence-corrected chi connectivity index (χ3v) is 6.62. The Morgan fingerprint density at radius 3 is 2.31 bits per heavy atom. The average Bonchev–Trinajstić information content (AvgIpc) is 2.75. The Balaban J connectivity index is 1.27. The van der Waals surface area contributed by atoms with Crippen LogP contribution in [0.25, 0.3) is 0 Å². The van der Waals surface area contributed by atoms with Crippen molar-refractivity contribution < 1.29 is 4.79 Å². The first-order valence-corrected chi connectivity index (χ1v) is 11.3. The lowest BCUT2D eigenvalue weighted by atomic mass is 9.90. The van der Waals surface area contributed by atoms with Crippen molar-refractivity contribution in [3.8, 4) is 0 Å². The van der Waals surface area contributed by atoms with E-state index in [0.717, 1.165) is 50.4 Å². The van der Waals surface area contributed by atoms with Crippen molar-refractivity contribution in [3.63, 3.8) is 0 Å². The molecule has 3 nitrogen and oxygen atoms in total. The number of likely N-dealkylation sites (tertiary alicyclic amines) is 2. The molecule has 0 aliphatic carbocycles. The van der Waals surface area contributed by atoms with Crippen LogP contribution >= 0.6 is 0 Å². The van der Waals surface area contributed by atoms with Gasteiger partial charge in [0, 0.05) is 31.7 Å². The van der Waals surface area contributed by atoms with Gasteiger partial charge in [-0.25, -0.2) is 0 Å². The van der Waals surface area contributed by atoms with Crippen molar-refractivity contribution >= 4 is 5.91 Å². The maximum Gasteiger partial charge on any atom is 0.253 e. The molecule has 2 aliphatic heterocycles. The van der Waals surface area contributed by atoms with E-state index in [9.17, 15) is 4.79 Å². The number of hydrogen-bond acceptors (Lipinski definition) is 2. The van der Waals surface area contributed by atoms with E-state index >= 15 is 0 Å². The number of rotatable bonds is 5. The second kappa shape index (κ2) is 9.58. The van der Waals surface area contributed by atoms with Crippen molar-refractivity contribution in [2.45, 2.75) is 45.6 Å². The SMILES string of the molecule is C[C@H]1CCCN(Cc2ccc(C(=O)N3CCC(Cc4ccccc4)CC3)cc2)C1. The van der Waals surface area contributed by atoms with Crippen LogP contribution < -0.4 is 0 Å². The lowest BCUT2D eigenvalue weighted by Crippen LogP contribution is -2.39. The first-order chi connectivity index (χ1) is 14.2. The van der Waals surface area contributed by atoms with E-state index in [4.69, 9.17) is 0 Å². The summed E-state index contributed by atoms with van der Waals surface area (Å²) in [4.78, 5) is 17.5. The zero-order valence-corrected chi connectivity index (χ0v) is 17.7. The third-order valence-electron chi connectivity index (χ3n) is 6.62. The quantitative estimate of drug-likeness (QED) is 0.716. The van der Waals surface area contributed by atoms with Crippen LogP contribution in [0, 0.1) is 11.8 Å². The van der Waals surface area contributed by atoms with Gasteiger partial charge in [-0.3, -0.25) is 9.69 Å². The van der Waals surface area contributed by atoms with E-state index in [2.05, 4.69) is 54.3 Å². The largest absolute Gasteiger partial charge is 0.339 e. The Bertz CT molecular complexity index is 778. The summed E-state index contributed by atoms with van der Waals surface area (Å²) in [6, 6.07) is 19.1. The number of hydrogen-bond donors (Lipinski definition) is 0. The van der Waals surface area contributed by atoms with Gasteiger partial charge in [0.25, 0.3) is 5.91 Å². The molecule has 29 heavy (non-hydrogen) atoms. The van der Waals surface area contributed by atoms with Crippen LogP contribution in [-0.4, -0.2) is 41.9 Å². The van der Waals surface area contributed by atoms with E-state index in [0.29, 0.717) is 5.92 Å². The number of benzene rings is 2. The minimum absolute atomic E-state index is 0.196. The van der Waals surface area contributed by atoms with E-state index in [-0.39, 0.29) is 5.91 Å². The molecule has 0 aromatic heterocycles. The number of nitrogens with zero attached hydrogens (tertiary/aromatic N) is 2. The molecule has 4 rings (SSSR count). The van der Waals surface area contributed by atoms with E-state index in [1.807, 2.05) is 17.0 Å². The molecule has 3 heteroatoms. The fourth-order valence-electron chi connectivity index (χ4n) is 4.91. The zero-order valence-electron chi connectivity index (χ0n) is 17.7. The Morgan fingerprint density at radius 2 is 1.62 bits per heavy atom. The standard InChI is InChI=1S/C26H34N2O/c1-21-6-5-15-27(19-21)20-24-9-11-25(12-10-24)26(29)28-16-13-23(14-17-28)18-22-7-3-2-4-8-22/h2-4,7-12,21,23H,5-6,13-20H2,1H3/t21-/m0/s1. The number of carbonyl (C=O) groups excluding carboxylic acids is 1. The van der Waals surface area contributed by atoms with Gasteiger partial charge in [-0.1, -0.05) is 49.4 Å². The fraction of sp³-hybridized carbons (Fsp3) is 0.500. The number of carbonyl (C=O) groups is 1. The molecule has 0 N–H and O–H groups in total. The normalized spacial score (nSPS) is 21.3. The van der Waals surface area contributed by atoms with E-state index in [1.165, 1.54) is 37.1 Å². The monoisotopic (exact) mass is 390 g/mol. The molecule has 0 saturated carbocycles. The highest BCUT2D eigenvalue weighted by Crippen LogP contribution is 2.23. The number of amides is 1. The predicted octanol–water partition coefficient (Wildman–Crippen LogP) is 5.01. The highest BCUT2D eigenvalue weighted by atomic mass is 16.2. The topological polar surface area (TPSA) is 23.6 Å². The van der Waals surface area contributed by atoms with Crippen LogP contribution in [0.4, 0.5) is 0 Å². The fourth-order valence-corrected chi connectivity index (χ4v) is 4.91. The van der Waals surface area contributed by atoms with Gasteiger partial charge in [0.2, 0.25) is 0 Å². The second-order valence-electron chi connectivity index (χ2n) is 9.10. The van der Waals surface area contributed by atoms with Crippen LogP contribution in [0.1, 0.15) is 54.1 Å². The summed E-state index contributed by atoms with van der Waals surface area (Å²) in [6.07, 6.45) is 5.99. The Kier molecular flexibility index (Phi) is 6.66. The molecule has 154 valence electrons. The Labute approximate surface area is 175 Å². The van der Waals surface area contributed by atoms with Crippen molar-refractivity contribution in [1.82, 2.24) is 9.80 Å². The van der Waals surface area contributed by atoms with Crippen LogP contribution in [0.15, 0.2) is 54.6 Å². The van der Waals surface area contributed by atoms with Gasteiger partial charge < -0.3 is 4.90 Å². The molecular formula is C26H34N2O. The third kappa shape index (κ3) is 5.48. The van der Waals surface area contributed by atoms with Crippen molar-refractivity contribution in [1.29, 1.82) is 0 Å². The van der Waals surface area contributed by atoms with Gasteiger partial charge in [-0.05, 0) is 73.7 Å². The van der Waals surface area contributed by atoms with Crippen LogP contribution in [-0.2, 0) is 13.0 Å². The molecule has 0 radical (unpaired) electrons. The molecule has 2 heterocycles. The van der Waals surface area contributed by atoms with Crippen molar-refractivity contribution in [3.05, 3.63) is 71.3 Å². The van der Waals surface area contributed by atoms with E-state index in [1.54, 1.807) is 0 Å². The zero-order chi connectivity index (χ0) is 20.1. The minimum atomic E-state index is 0.196. The Morgan fingerprint density at radius 1 is 0.897 bits per heavy atom. The van der Waals surface area contributed by atoms with Crippen LogP contribution in [0.3, 0.4) is 0 Å². The predicted molar refractivity (Wildman–Crippen MR) is 119 cm³/mol. The smallest absolute Gasteiger partial charge is 0.253 e. The molecule has 2 saturated heterocycles. The van der Waals surface area contributed by atoms with Gasteiger partial charge in [-0.15, -0.1) is 0 Å². The molecule has 2 aliphatic rings. The molecule has 1 atom stereocenters. The molecule has 2 fully saturated rings. The highest BCUT2D eigenvalue weighted by Gasteiger charge is 2.24. The van der Waals surface area contributed by atoms with Gasteiger partial charge >= 0.3 is 0 Å². The molecular weight excluding hydrogens is 356 g/mol. The number of piperidine rings is 2. The highest BCUT2D eigenvalue weighted by molar-refractivity contribution is 5.94. The van der Waals surface area contributed by atoms with Gasteiger partial charge in [0.05, 0.1) is 0 Å². The van der Waals surface area contributed by atoms with Crippen molar-refractivity contribution in [2.24, 2.45) is 11.8 Å². The molecule has 0 bridgehead atoms. The van der Waals surface area contributed by atoms with Crippen LogP contribution in [0.5, 0.6) is 0 Å². The van der Waals surface area contributed by atoms with Gasteiger partial charge in [0.15, 0.2) is 0 Å². The summed E-state index contributed by atoms with van der Waals surface area (Å²) >= 11 is 0. The molecule has 0 spiro atoms. The summed E-state index contributed by atoms with van der Waals surface area (Å²) in [5.74, 6) is 1.69. The first-order valence-electron chi connectivity index (χ1n) is 11.3. The maximum atomic E-state index is 12.9. The average molecular weight is 391 g/mol. The molecule has 2 aromatic carbocycles. The Hall–Kier alpha value is -2.13. The summed E-state index contributed by atoms with van der Waals surface area (Å²) in [5, 5.41) is 0. The molecule has 0 unspecified atom stereocenters. The lowest BCUT2D eigenvalue weighted by molar-refractivity contribution is 0.0690. The molecule has 1 amide bonds. The summed E-state index contributed by atoms with van der Waals surface area (Å²) < 4.78 is 0. The van der Waals surface area contributed by atoms with E-state index < -0.39 is 0 Å². The first kappa shape index (κ1) is 20.2. The summed E-state index contributed by atoms with van der Waals surface area (Å²) in [7, 11) is 0. The van der Waals surface area contributed by atoms with Crippen molar-refractivity contribution in [2.75, 3.05) is 26.2 Å². The lowest BCUT2D eigenvalue weighted by Gasteiger charge is -2.32. The maximum absolute atomic E-state index is 12.9. The van der Waals surface area contributed by atoms with Gasteiger partial charge in [-0.2, -0.15) is 0 Å². The summed E-state index contributed by atoms with van der Waals surface area (Å²) in [5.41, 5.74) is 3.57. The summed E-state index contributed by atoms with van der Waals surface area (Å²) in [6.45, 7) is 7.50.